The molecule has 2 fully saturated rings. The van der Waals surface area contributed by atoms with Crippen LogP contribution in [0.3, 0.4) is 0 Å². The maximum Gasteiger partial charge on any atom is 0.260 e. The molecular weight excluding hydrogens is 442 g/mol. The number of morpholine rings is 1. The van der Waals surface area contributed by atoms with E-state index in [4.69, 9.17) is 9.47 Å². The predicted molar refractivity (Wildman–Crippen MR) is 135 cm³/mol. The maximum atomic E-state index is 12.7. The summed E-state index contributed by atoms with van der Waals surface area (Å²) in [6.45, 7) is 8.93. The summed E-state index contributed by atoms with van der Waals surface area (Å²) in [4.78, 5) is 29.7. The van der Waals surface area contributed by atoms with Gasteiger partial charge in [0.2, 0.25) is 0 Å². The lowest BCUT2D eigenvalue weighted by Gasteiger charge is -2.38. The second-order valence-corrected chi connectivity index (χ2v) is 9.58. The molecule has 188 valence electrons. The van der Waals surface area contributed by atoms with Crippen LogP contribution in [0.15, 0.2) is 48.5 Å². The number of hydrogen-bond acceptors (Lipinski definition) is 5. The van der Waals surface area contributed by atoms with Crippen molar-refractivity contribution in [1.82, 2.24) is 15.1 Å². The van der Waals surface area contributed by atoms with Crippen LogP contribution >= 0.6 is 0 Å². The number of ether oxygens (including phenoxy) is 2. The lowest BCUT2D eigenvalue weighted by atomic mass is 9.97. The van der Waals surface area contributed by atoms with Crippen LogP contribution < -0.4 is 10.1 Å². The third kappa shape index (κ3) is 6.83. The SMILES string of the molecule is C[C@@H]1CCC[C@@H](C)N1C(=O)COc1ccc(C(=O)NCc2ccccc2CN2CCOCC2)cc1. The van der Waals surface area contributed by atoms with Crippen LogP contribution in [0.5, 0.6) is 5.75 Å². The van der Waals surface area contributed by atoms with Crippen molar-refractivity contribution in [3.63, 3.8) is 0 Å². The van der Waals surface area contributed by atoms with E-state index >= 15 is 0 Å². The molecule has 2 aliphatic rings. The topological polar surface area (TPSA) is 71.1 Å². The Morgan fingerprint density at radius 3 is 2.31 bits per heavy atom. The zero-order valence-electron chi connectivity index (χ0n) is 20.9. The van der Waals surface area contributed by atoms with Gasteiger partial charge in [-0.25, -0.2) is 0 Å². The number of amides is 2. The van der Waals surface area contributed by atoms with Gasteiger partial charge in [0.05, 0.1) is 13.2 Å². The zero-order valence-corrected chi connectivity index (χ0v) is 20.9. The summed E-state index contributed by atoms with van der Waals surface area (Å²) in [6, 6.07) is 15.7. The van der Waals surface area contributed by atoms with E-state index in [1.807, 2.05) is 17.0 Å². The highest BCUT2D eigenvalue weighted by Crippen LogP contribution is 2.23. The molecule has 1 N–H and O–H groups in total. The number of likely N-dealkylation sites (tertiary alicyclic amines) is 1. The number of carbonyl (C=O) groups excluding carboxylic acids is 2. The average molecular weight is 480 g/mol. The van der Waals surface area contributed by atoms with E-state index in [1.54, 1.807) is 24.3 Å². The second kappa shape index (κ2) is 12.2. The first-order valence-corrected chi connectivity index (χ1v) is 12.7. The van der Waals surface area contributed by atoms with Gasteiger partial charge in [-0.05, 0) is 68.5 Å². The largest absolute Gasteiger partial charge is 0.484 e. The molecule has 2 aromatic rings. The molecule has 7 heteroatoms. The summed E-state index contributed by atoms with van der Waals surface area (Å²) >= 11 is 0. The molecular formula is C28H37N3O4. The van der Waals surface area contributed by atoms with E-state index in [2.05, 4.69) is 36.2 Å². The molecule has 2 atom stereocenters. The number of benzene rings is 2. The first kappa shape index (κ1) is 25.2. The fraction of sp³-hybridized carbons (Fsp3) is 0.500. The first-order chi connectivity index (χ1) is 17.0. The van der Waals surface area contributed by atoms with Gasteiger partial charge in [-0.1, -0.05) is 24.3 Å². The molecule has 2 amide bonds. The summed E-state index contributed by atoms with van der Waals surface area (Å²) in [5.74, 6) is 0.468. The van der Waals surface area contributed by atoms with Gasteiger partial charge >= 0.3 is 0 Å². The number of nitrogens with zero attached hydrogens (tertiary/aromatic N) is 2. The molecule has 2 aliphatic heterocycles. The number of piperidine rings is 1. The molecule has 0 aliphatic carbocycles. The third-order valence-electron chi connectivity index (χ3n) is 7.02. The second-order valence-electron chi connectivity index (χ2n) is 9.58. The highest BCUT2D eigenvalue weighted by molar-refractivity contribution is 5.94. The molecule has 35 heavy (non-hydrogen) atoms. The van der Waals surface area contributed by atoms with Gasteiger partial charge in [0.25, 0.3) is 11.8 Å². The van der Waals surface area contributed by atoms with Crippen molar-refractivity contribution in [3.05, 3.63) is 65.2 Å². The van der Waals surface area contributed by atoms with Crippen molar-refractivity contribution in [3.8, 4) is 5.75 Å². The standard InChI is InChI=1S/C28H37N3O4/c1-21-6-5-7-22(2)31(21)27(32)20-35-26-12-10-23(11-13-26)28(33)29-18-24-8-3-4-9-25(24)19-30-14-16-34-17-15-30/h3-4,8-13,21-22H,5-7,14-20H2,1-2H3,(H,29,33)/t21-,22-/m1/s1. The van der Waals surface area contributed by atoms with Gasteiger partial charge < -0.3 is 19.7 Å². The van der Waals surface area contributed by atoms with E-state index in [1.165, 1.54) is 5.56 Å². The van der Waals surface area contributed by atoms with Crippen LogP contribution in [0, 0.1) is 0 Å². The molecule has 0 bridgehead atoms. The zero-order chi connectivity index (χ0) is 24.6. The molecule has 7 nitrogen and oxygen atoms in total. The summed E-state index contributed by atoms with van der Waals surface area (Å²) in [7, 11) is 0. The van der Waals surface area contributed by atoms with Gasteiger partial charge in [-0.3, -0.25) is 14.5 Å². The van der Waals surface area contributed by atoms with Crippen molar-refractivity contribution in [2.75, 3.05) is 32.9 Å². The fourth-order valence-corrected chi connectivity index (χ4v) is 5.00. The van der Waals surface area contributed by atoms with E-state index in [-0.39, 0.29) is 30.5 Å². The van der Waals surface area contributed by atoms with Gasteiger partial charge in [0.1, 0.15) is 5.75 Å². The molecule has 2 heterocycles. The van der Waals surface area contributed by atoms with E-state index < -0.39 is 0 Å². The highest BCUT2D eigenvalue weighted by Gasteiger charge is 2.29. The summed E-state index contributed by atoms with van der Waals surface area (Å²) in [6.07, 6.45) is 3.24. The summed E-state index contributed by atoms with van der Waals surface area (Å²) < 4.78 is 11.2. The van der Waals surface area contributed by atoms with Crippen molar-refractivity contribution < 1.29 is 19.1 Å². The van der Waals surface area contributed by atoms with Crippen molar-refractivity contribution >= 4 is 11.8 Å². The quantitative estimate of drug-likeness (QED) is 0.626. The van der Waals surface area contributed by atoms with E-state index in [0.29, 0.717) is 17.9 Å². The van der Waals surface area contributed by atoms with Gasteiger partial charge in [0, 0.05) is 43.8 Å². The van der Waals surface area contributed by atoms with Crippen molar-refractivity contribution in [2.24, 2.45) is 0 Å². The monoisotopic (exact) mass is 479 g/mol. The Balaban J connectivity index is 1.27. The fourth-order valence-electron chi connectivity index (χ4n) is 5.00. The van der Waals surface area contributed by atoms with Crippen LogP contribution in [0.2, 0.25) is 0 Å². The summed E-state index contributed by atoms with van der Waals surface area (Å²) in [5.41, 5.74) is 2.90. The molecule has 2 aromatic carbocycles. The normalized spacial score (nSPS) is 20.9. The maximum absolute atomic E-state index is 12.7. The van der Waals surface area contributed by atoms with Gasteiger partial charge in [0.15, 0.2) is 6.61 Å². The Morgan fingerprint density at radius 2 is 1.63 bits per heavy atom. The van der Waals surface area contributed by atoms with Crippen LogP contribution in [0.1, 0.15) is 54.6 Å². The van der Waals surface area contributed by atoms with E-state index in [9.17, 15) is 9.59 Å². The number of carbonyl (C=O) groups is 2. The van der Waals surface area contributed by atoms with Crippen molar-refractivity contribution in [1.29, 1.82) is 0 Å². The van der Waals surface area contributed by atoms with Crippen LogP contribution in [-0.2, 0) is 22.6 Å². The highest BCUT2D eigenvalue weighted by atomic mass is 16.5. The Bertz CT molecular complexity index is 978. The van der Waals surface area contributed by atoms with Crippen LogP contribution in [0.25, 0.3) is 0 Å². The Labute approximate surface area is 208 Å². The molecule has 0 unspecified atom stereocenters. The molecule has 0 aromatic heterocycles. The minimum Gasteiger partial charge on any atom is -0.484 e. The molecule has 0 saturated carbocycles. The predicted octanol–water partition coefficient (Wildman–Crippen LogP) is 3.62. The molecule has 0 radical (unpaired) electrons. The lowest BCUT2D eigenvalue weighted by Crippen LogP contribution is -2.49. The number of rotatable bonds is 8. The minimum atomic E-state index is -0.134. The smallest absolute Gasteiger partial charge is 0.260 e. The third-order valence-corrected chi connectivity index (χ3v) is 7.02. The van der Waals surface area contributed by atoms with E-state index in [0.717, 1.165) is 57.7 Å². The van der Waals surface area contributed by atoms with Crippen molar-refractivity contribution in [2.45, 2.75) is 58.3 Å². The average Bonchev–Trinajstić information content (AvgIpc) is 2.87. The Morgan fingerprint density at radius 1 is 0.971 bits per heavy atom. The Hall–Kier alpha value is -2.90. The number of nitrogens with one attached hydrogen (secondary N) is 1. The molecule has 0 spiro atoms. The molecule has 2 saturated heterocycles. The first-order valence-electron chi connectivity index (χ1n) is 12.7. The summed E-state index contributed by atoms with van der Waals surface area (Å²) in [5, 5.41) is 3.03. The van der Waals surface area contributed by atoms with Gasteiger partial charge in [-0.2, -0.15) is 0 Å². The lowest BCUT2D eigenvalue weighted by molar-refractivity contribution is -0.139. The van der Waals surface area contributed by atoms with Crippen LogP contribution in [0.4, 0.5) is 0 Å². The van der Waals surface area contributed by atoms with Gasteiger partial charge in [-0.15, -0.1) is 0 Å². The minimum absolute atomic E-state index is 0.0140. The Kier molecular flexibility index (Phi) is 8.77. The molecule has 4 rings (SSSR count). The van der Waals surface area contributed by atoms with Crippen LogP contribution in [-0.4, -0.2) is 66.6 Å². The number of hydrogen-bond donors (Lipinski definition) is 1.